The zero-order valence-corrected chi connectivity index (χ0v) is 13.7. The molecule has 4 heteroatoms. The fraction of sp³-hybridized carbons (Fsp3) is 0.278. The Morgan fingerprint density at radius 3 is 2.32 bits per heavy atom. The maximum atomic E-state index is 11.8. The van der Waals surface area contributed by atoms with Gasteiger partial charge in [0.25, 0.3) is 0 Å². The van der Waals surface area contributed by atoms with E-state index in [1.165, 1.54) is 11.1 Å². The van der Waals surface area contributed by atoms with E-state index in [-0.39, 0.29) is 11.2 Å². The Labute approximate surface area is 130 Å². The lowest BCUT2D eigenvalue weighted by Gasteiger charge is -2.21. The number of benzene rings is 2. The Balaban J connectivity index is 2.11. The standard InChI is InChI=1S/C18H18O3S/c1-12(19)22(20,21)11-13-8-9-15-14-6-4-5-7-16(14)18(2,3)17(15)10-13/h4-10H,11H2,1-3H3. The highest BCUT2D eigenvalue weighted by Gasteiger charge is 2.35. The summed E-state index contributed by atoms with van der Waals surface area (Å²) in [6.07, 6.45) is 0. The molecule has 0 aromatic heterocycles. The van der Waals surface area contributed by atoms with E-state index in [1.54, 1.807) is 6.07 Å². The van der Waals surface area contributed by atoms with Crippen LogP contribution in [0.4, 0.5) is 0 Å². The maximum Gasteiger partial charge on any atom is 0.243 e. The second-order valence-electron chi connectivity index (χ2n) is 6.30. The van der Waals surface area contributed by atoms with E-state index >= 15 is 0 Å². The van der Waals surface area contributed by atoms with Crippen LogP contribution in [0.1, 0.15) is 37.5 Å². The Morgan fingerprint density at radius 1 is 1.00 bits per heavy atom. The first-order valence-electron chi connectivity index (χ1n) is 7.20. The van der Waals surface area contributed by atoms with Crippen LogP contribution in [0.3, 0.4) is 0 Å². The van der Waals surface area contributed by atoms with Crippen molar-refractivity contribution in [1.82, 2.24) is 0 Å². The van der Waals surface area contributed by atoms with Gasteiger partial charge in [0.2, 0.25) is 15.0 Å². The minimum Gasteiger partial charge on any atom is -0.282 e. The number of rotatable bonds is 2. The lowest BCUT2D eigenvalue weighted by molar-refractivity contribution is -0.109. The summed E-state index contributed by atoms with van der Waals surface area (Å²) in [5.41, 5.74) is 5.20. The van der Waals surface area contributed by atoms with Crippen LogP contribution < -0.4 is 0 Å². The first-order valence-corrected chi connectivity index (χ1v) is 8.85. The van der Waals surface area contributed by atoms with Gasteiger partial charge < -0.3 is 0 Å². The van der Waals surface area contributed by atoms with Crippen molar-refractivity contribution in [1.29, 1.82) is 0 Å². The molecular formula is C18H18O3S. The molecule has 0 N–H and O–H groups in total. The number of carbonyl (C=O) groups excluding carboxylic acids is 1. The Kier molecular flexibility index (Phi) is 3.25. The van der Waals surface area contributed by atoms with Gasteiger partial charge in [-0.15, -0.1) is 0 Å². The Hall–Kier alpha value is -1.94. The molecule has 1 aliphatic carbocycles. The predicted octanol–water partition coefficient (Wildman–Crippen LogP) is 3.45. The molecule has 22 heavy (non-hydrogen) atoms. The van der Waals surface area contributed by atoms with Crippen molar-refractivity contribution < 1.29 is 13.2 Å². The highest BCUT2D eigenvalue weighted by molar-refractivity contribution is 8.05. The van der Waals surface area contributed by atoms with Crippen LogP contribution in [0.5, 0.6) is 0 Å². The van der Waals surface area contributed by atoms with E-state index < -0.39 is 15.0 Å². The van der Waals surface area contributed by atoms with Gasteiger partial charge in [-0.25, -0.2) is 8.42 Å². The third-order valence-corrected chi connectivity index (χ3v) is 6.03. The monoisotopic (exact) mass is 314 g/mol. The number of hydrogen-bond donors (Lipinski definition) is 0. The van der Waals surface area contributed by atoms with Gasteiger partial charge in [-0.3, -0.25) is 4.79 Å². The van der Waals surface area contributed by atoms with E-state index in [0.717, 1.165) is 18.1 Å². The van der Waals surface area contributed by atoms with E-state index in [0.29, 0.717) is 5.56 Å². The number of carbonyl (C=O) groups is 1. The van der Waals surface area contributed by atoms with Crippen molar-refractivity contribution in [2.24, 2.45) is 0 Å². The molecule has 0 atom stereocenters. The zero-order chi connectivity index (χ0) is 16.1. The molecule has 3 nitrogen and oxygen atoms in total. The summed E-state index contributed by atoms with van der Waals surface area (Å²) in [7, 11) is -3.71. The Morgan fingerprint density at radius 2 is 1.64 bits per heavy atom. The van der Waals surface area contributed by atoms with Crippen molar-refractivity contribution in [2.75, 3.05) is 0 Å². The number of hydrogen-bond acceptors (Lipinski definition) is 3. The van der Waals surface area contributed by atoms with Crippen LogP contribution in [0.2, 0.25) is 0 Å². The molecule has 114 valence electrons. The largest absolute Gasteiger partial charge is 0.282 e. The van der Waals surface area contributed by atoms with Gasteiger partial charge in [-0.2, -0.15) is 0 Å². The summed E-state index contributed by atoms with van der Waals surface area (Å²) in [6, 6.07) is 13.9. The third-order valence-electron chi connectivity index (χ3n) is 4.44. The van der Waals surface area contributed by atoms with Gasteiger partial charge in [-0.05, 0) is 27.8 Å². The normalized spacial score (nSPS) is 15.2. The molecule has 0 fully saturated rings. The van der Waals surface area contributed by atoms with E-state index in [1.807, 2.05) is 24.3 Å². The van der Waals surface area contributed by atoms with Gasteiger partial charge >= 0.3 is 0 Å². The highest BCUT2D eigenvalue weighted by Crippen LogP contribution is 2.48. The van der Waals surface area contributed by atoms with E-state index in [2.05, 4.69) is 26.0 Å². The van der Waals surface area contributed by atoms with Crippen molar-refractivity contribution >= 4 is 15.0 Å². The summed E-state index contributed by atoms with van der Waals surface area (Å²) in [4.78, 5) is 11.2. The molecule has 0 amide bonds. The molecule has 2 aromatic rings. The minimum atomic E-state index is -3.71. The molecule has 0 aliphatic heterocycles. The second-order valence-corrected chi connectivity index (χ2v) is 8.39. The van der Waals surface area contributed by atoms with Crippen LogP contribution in [-0.4, -0.2) is 13.5 Å². The first kappa shape index (κ1) is 15.0. The minimum absolute atomic E-state index is 0.165. The zero-order valence-electron chi connectivity index (χ0n) is 12.9. The van der Waals surface area contributed by atoms with Gasteiger partial charge in [0.15, 0.2) is 0 Å². The molecule has 2 aromatic carbocycles. The molecule has 3 rings (SSSR count). The molecule has 1 aliphatic rings. The third kappa shape index (κ3) is 2.18. The van der Waals surface area contributed by atoms with E-state index in [4.69, 9.17) is 0 Å². The highest BCUT2D eigenvalue weighted by atomic mass is 32.2. The van der Waals surface area contributed by atoms with Gasteiger partial charge in [0, 0.05) is 12.3 Å². The smallest absolute Gasteiger partial charge is 0.243 e. The summed E-state index contributed by atoms with van der Waals surface area (Å²) < 4.78 is 23.7. The van der Waals surface area contributed by atoms with Crippen molar-refractivity contribution in [2.45, 2.75) is 31.9 Å². The average molecular weight is 314 g/mol. The first-order chi connectivity index (χ1) is 10.2. The van der Waals surface area contributed by atoms with Crippen LogP contribution in [0.25, 0.3) is 11.1 Å². The molecule has 0 spiro atoms. The number of sulfone groups is 1. The molecule has 0 heterocycles. The molecular weight excluding hydrogens is 296 g/mol. The molecule has 0 radical (unpaired) electrons. The lowest BCUT2D eigenvalue weighted by Crippen LogP contribution is -2.16. The quantitative estimate of drug-likeness (QED) is 0.853. The average Bonchev–Trinajstić information content (AvgIpc) is 2.68. The van der Waals surface area contributed by atoms with Crippen molar-refractivity contribution in [3.8, 4) is 11.1 Å². The fourth-order valence-electron chi connectivity index (χ4n) is 3.16. The van der Waals surface area contributed by atoms with Crippen LogP contribution in [0, 0.1) is 0 Å². The van der Waals surface area contributed by atoms with Crippen molar-refractivity contribution in [3.63, 3.8) is 0 Å². The second kappa shape index (κ2) is 4.78. The van der Waals surface area contributed by atoms with Gasteiger partial charge in [0.05, 0.1) is 5.75 Å². The molecule has 0 saturated heterocycles. The molecule has 0 saturated carbocycles. The summed E-state index contributed by atoms with van der Waals surface area (Å²) in [5, 5.41) is -0.782. The van der Waals surface area contributed by atoms with Crippen molar-refractivity contribution in [3.05, 3.63) is 59.2 Å². The summed E-state index contributed by atoms with van der Waals surface area (Å²) in [6.45, 7) is 5.38. The maximum absolute atomic E-state index is 11.8. The SMILES string of the molecule is CC(=O)S(=O)(=O)Cc1ccc2c(c1)C(C)(C)c1ccccc1-2. The van der Waals surface area contributed by atoms with Crippen LogP contribution in [0.15, 0.2) is 42.5 Å². The predicted molar refractivity (Wildman–Crippen MR) is 87.3 cm³/mol. The summed E-state index contributed by atoms with van der Waals surface area (Å²) in [5.74, 6) is -0.234. The van der Waals surface area contributed by atoms with Gasteiger partial charge in [-0.1, -0.05) is 56.3 Å². The molecule has 0 unspecified atom stereocenters. The van der Waals surface area contributed by atoms with E-state index in [9.17, 15) is 13.2 Å². The topological polar surface area (TPSA) is 51.2 Å². The Bertz CT molecular complexity index is 877. The fourth-order valence-corrected chi connectivity index (χ4v) is 3.98. The lowest BCUT2D eigenvalue weighted by atomic mass is 9.82. The van der Waals surface area contributed by atoms with Gasteiger partial charge in [0.1, 0.15) is 0 Å². The number of fused-ring (bicyclic) bond motifs is 3. The molecule has 0 bridgehead atoms. The summed E-state index contributed by atoms with van der Waals surface area (Å²) >= 11 is 0. The van der Waals surface area contributed by atoms with Crippen LogP contribution >= 0.6 is 0 Å². The van der Waals surface area contributed by atoms with Crippen LogP contribution in [-0.2, 0) is 25.8 Å².